The van der Waals surface area contributed by atoms with Crippen molar-refractivity contribution in [1.29, 1.82) is 0 Å². The highest BCUT2D eigenvalue weighted by molar-refractivity contribution is 6.09. The molecule has 2 aromatic carbocycles. The number of amides is 1. The lowest BCUT2D eigenvalue weighted by Gasteiger charge is -2.13. The summed E-state index contributed by atoms with van der Waals surface area (Å²) in [6.45, 7) is 3.51. The molecule has 0 aliphatic carbocycles. The van der Waals surface area contributed by atoms with Gasteiger partial charge in [0.2, 0.25) is 5.91 Å². The molecule has 0 aliphatic heterocycles. The fourth-order valence-corrected chi connectivity index (χ4v) is 2.29. The van der Waals surface area contributed by atoms with Gasteiger partial charge in [-0.15, -0.1) is 0 Å². The number of hydrogen-bond donors (Lipinski definition) is 1. The molecule has 0 bridgehead atoms. The van der Waals surface area contributed by atoms with Crippen LogP contribution < -0.4 is 5.32 Å². The van der Waals surface area contributed by atoms with Gasteiger partial charge in [0.25, 0.3) is 0 Å². The van der Waals surface area contributed by atoms with E-state index >= 15 is 0 Å². The Bertz CT molecular complexity index is 810. The molecule has 1 N–H and O–H groups in total. The molecule has 3 rings (SSSR count). The van der Waals surface area contributed by atoms with E-state index in [1.807, 2.05) is 54.6 Å². The summed E-state index contributed by atoms with van der Waals surface area (Å²) in [4.78, 5) is 16.2. The van der Waals surface area contributed by atoms with E-state index in [1.54, 1.807) is 6.20 Å². The highest BCUT2D eigenvalue weighted by atomic mass is 16.1. The number of nitrogens with one attached hydrogen (secondary N) is 1. The monoisotopic (exact) mass is 274 g/mol. The van der Waals surface area contributed by atoms with Crippen LogP contribution in [0.25, 0.3) is 22.0 Å². The van der Waals surface area contributed by atoms with Crippen molar-refractivity contribution in [2.75, 3.05) is 5.32 Å². The van der Waals surface area contributed by atoms with Crippen molar-refractivity contribution in [3.8, 4) is 11.1 Å². The summed E-state index contributed by atoms with van der Waals surface area (Å²) < 4.78 is 0. The topological polar surface area (TPSA) is 42.0 Å². The number of pyridine rings is 1. The highest BCUT2D eigenvalue weighted by Crippen LogP contribution is 2.33. The zero-order chi connectivity index (χ0) is 14.7. The van der Waals surface area contributed by atoms with Gasteiger partial charge in [-0.2, -0.15) is 0 Å². The number of anilines is 1. The van der Waals surface area contributed by atoms with Crippen molar-refractivity contribution in [3.05, 3.63) is 73.4 Å². The minimum absolute atomic E-state index is 0.233. The second kappa shape index (κ2) is 5.59. The van der Waals surface area contributed by atoms with Crippen molar-refractivity contribution in [3.63, 3.8) is 0 Å². The van der Waals surface area contributed by atoms with Crippen molar-refractivity contribution in [2.45, 2.75) is 0 Å². The molecular weight excluding hydrogens is 260 g/mol. The minimum Gasteiger partial charge on any atom is -0.321 e. The van der Waals surface area contributed by atoms with Gasteiger partial charge in [0.05, 0.1) is 11.2 Å². The Hall–Kier alpha value is -2.94. The molecule has 102 valence electrons. The Morgan fingerprint density at radius 1 is 1.05 bits per heavy atom. The number of rotatable bonds is 3. The lowest BCUT2D eigenvalue weighted by atomic mass is 10.0. The molecule has 0 fully saturated rings. The molecule has 1 heterocycles. The molecule has 3 nitrogen and oxygen atoms in total. The van der Waals surface area contributed by atoms with E-state index in [0.717, 1.165) is 27.7 Å². The molecule has 1 amide bonds. The lowest BCUT2D eigenvalue weighted by molar-refractivity contribution is -0.111. The summed E-state index contributed by atoms with van der Waals surface area (Å²) >= 11 is 0. The summed E-state index contributed by atoms with van der Waals surface area (Å²) in [5.41, 5.74) is 3.51. The first kappa shape index (κ1) is 13.1. The molecule has 0 radical (unpaired) electrons. The quantitative estimate of drug-likeness (QED) is 0.733. The molecule has 0 atom stereocenters. The van der Waals surface area contributed by atoms with Crippen LogP contribution in [0.2, 0.25) is 0 Å². The Labute approximate surface area is 123 Å². The van der Waals surface area contributed by atoms with E-state index in [-0.39, 0.29) is 5.91 Å². The maximum Gasteiger partial charge on any atom is 0.247 e. The number of para-hydroxylation sites is 1. The van der Waals surface area contributed by atoms with Crippen LogP contribution in [0.4, 0.5) is 5.69 Å². The van der Waals surface area contributed by atoms with Crippen molar-refractivity contribution >= 4 is 22.5 Å². The summed E-state index contributed by atoms with van der Waals surface area (Å²) in [5, 5.41) is 3.82. The van der Waals surface area contributed by atoms with Gasteiger partial charge < -0.3 is 5.32 Å². The number of aromatic nitrogens is 1. The first-order chi connectivity index (χ1) is 10.3. The number of carbonyl (C=O) groups is 1. The summed E-state index contributed by atoms with van der Waals surface area (Å²) in [6, 6.07) is 17.6. The van der Waals surface area contributed by atoms with Gasteiger partial charge in [-0.25, -0.2) is 0 Å². The Morgan fingerprint density at radius 2 is 1.76 bits per heavy atom. The van der Waals surface area contributed by atoms with Crippen LogP contribution >= 0.6 is 0 Å². The Balaban J connectivity index is 2.26. The predicted octanol–water partition coefficient (Wildman–Crippen LogP) is 4.03. The number of carbonyl (C=O) groups excluding carboxylic acids is 1. The molecule has 21 heavy (non-hydrogen) atoms. The van der Waals surface area contributed by atoms with Crippen LogP contribution in [-0.4, -0.2) is 10.9 Å². The van der Waals surface area contributed by atoms with Gasteiger partial charge >= 0.3 is 0 Å². The van der Waals surface area contributed by atoms with E-state index in [9.17, 15) is 4.79 Å². The summed E-state index contributed by atoms with van der Waals surface area (Å²) in [5.74, 6) is -0.233. The van der Waals surface area contributed by atoms with Crippen LogP contribution in [0, 0.1) is 0 Å². The zero-order valence-corrected chi connectivity index (χ0v) is 11.4. The van der Waals surface area contributed by atoms with Crippen molar-refractivity contribution < 1.29 is 4.79 Å². The first-order valence-electron chi connectivity index (χ1n) is 6.66. The smallest absolute Gasteiger partial charge is 0.247 e. The molecule has 3 aromatic rings. The van der Waals surface area contributed by atoms with E-state index in [4.69, 9.17) is 0 Å². The van der Waals surface area contributed by atoms with Crippen LogP contribution in [0.15, 0.2) is 73.4 Å². The van der Waals surface area contributed by atoms with Gasteiger partial charge in [0.1, 0.15) is 0 Å². The van der Waals surface area contributed by atoms with E-state index in [1.165, 1.54) is 6.08 Å². The fraction of sp³-hybridized carbons (Fsp3) is 0. The van der Waals surface area contributed by atoms with Crippen LogP contribution in [-0.2, 0) is 4.79 Å². The Kier molecular flexibility index (Phi) is 3.48. The second-order valence-electron chi connectivity index (χ2n) is 4.62. The lowest BCUT2D eigenvalue weighted by Crippen LogP contribution is -2.09. The molecule has 0 saturated heterocycles. The third-order valence-corrected chi connectivity index (χ3v) is 3.29. The third-order valence-electron chi connectivity index (χ3n) is 3.29. The van der Waals surface area contributed by atoms with Gasteiger partial charge in [-0.1, -0.05) is 55.1 Å². The molecule has 1 aromatic heterocycles. The largest absolute Gasteiger partial charge is 0.321 e. The summed E-state index contributed by atoms with van der Waals surface area (Å²) in [6.07, 6.45) is 3.06. The predicted molar refractivity (Wildman–Crippen MR) is 86.0 cm³/mol. The molecule has 3 heteroatoms. The normalized spacial score (nSPS) is 10.3. The van der Waals surface area contributed by atoms with Crippen molar-refractivity contribution in [1.82, 2.24) is 4.98 Å². The molecule has 0 spiro atoms. The van der Waals surface area contributed by atoms with Gasteiger partial charge in [-0.3, -0.25) is 9.78 Å². The van der Waals surface area contributed by atoms with Crippen molar-refractivity contribution in [2.24, 2.45) is 0 Å². The van der Waals surface area contributed by atoms with Gasteiger partial charge in [-0.05, 0) is 17.7 Å². The maximum absolute atomic E-state index is 11.8. The number of fused-ring (bicyclic) bond motifs is 1. The van der Waals surface area contributed by atoms with E-state index in [2.05, 4.69) is 16.9 Å². The fourth-order valence-electron chi connectivity index (χ4n) is 2.29. The van der Waals surface area contributed by atoms with Crippen LogP contribution in [0.3, 0.4) is 0 Å². The number of hydrogen-bond acceptors (Lipinski definition) is 2. The summed E-state index contributed by atoms with van der Waals surface area (Å²) in [7, 11) is 0. The first-order valence-corrected chi connectivity index (χ1v) is 6.66. The van der Waals surface area contributed by atoms with E-state index < -0.39 is 0 Å². The average Bonchev–Trinajstić information content (AvgIpc) is 2.56. The number of benzene rings is 2. The zero-order valence-electron chi connectivity index (χ0n) is 11.4. The van der Waals surface area contributed by atoms with Gasteiger partial charge in [0, 0.05) is 17.1 Å². The molecule has 0 saturated carbocycles. The van der Waals surface area contributed by atoms with Crippen LogP contribution in [0.1, 0.15) is 0 Å². The van der Waals surface area contributed by atoms with Crippen LogP contribution in [0.5, 0.6) is 0 Å². The minimum atomic E-state index is -0.233. The Morgan fingerprint density at radius 3 is 2.52 bits per heavy atom. The molecule has 0 aliphatic rings. The maximum atomic E-state index is 11.8. The molecule has 0 unspecified atom stereocenters. The second-order valence-corrected chi connectivity index (χ2v) is 4.62. The van der Waals surface area contributed by atoms with E-state index in [0.29, 0.717) is 0 Å². The highest BCUT2D eigenvalue weighted by Gasteiger charge is 2.11. The SMILES string of the molecule is C=CC(=O)Nc1c(-c2ccccc2)cnc2ccccc12. The third kappa shape index (κ3) is 2.54. The average molecular weight is 274 g/mol. The molecular formula is C18H14N2O. The number of nitrogens with zero attached hydrogens (tertiary/aromatic N) is 1. The standard InChI is InChI=1S/C18H14N2O/c1-2-17(21)20-18-14-10-6-7-11-16(14)19-12-15(18)13-8-4-3-5-9-13/h2-12H,1H2,(H,19,20,21). The van der Waals surface area contributed by atoms with Gasteiger partial charge in [0.15, 0.2) is 0 Å².